The van der Waals surface area contributed by atoms with Crippen LogP contribution in [0.3, 0.4) is 0 Å². The van der Waals surface area contributed by atoms with Gasteiger partial charge in [-0.15, -0.1) is 11.3 Å². The molecule has 3 heteroatoms. The highest BCUT2D eigenvalue weighted by molar-refractivity contribution is 7.09. The molecule has 1 atom stereocenters. The molecule has 1 N–H and O–H groups in total. The molecule has 0 amide bonds. The van der Waals surface area contributed by atoms with Crippen molar-refractivity contribution >= 4 is 11.3 Å². The van der Waals surface area contributed by atoms with Crippen LogP contribution < -0.4 is 5.32 Å². The summed E-state index contributed by atoms with van der Waals surface area (Å²) in [5.74, 6) is 0.534. The highest BCUT2D eigenvalue weighted by atomic mass is 32.1. The lowest BCUT2D eigenvalue weighted by Crippen LogP contribution is -2.43. The molecule has 18 heavy (non-hydrogen) atoms. The van der Waals surface area contributed by atoms with Crippen LogP contribution in [0.25, 0.3) is 0 Å². The van der Waals surface area contributed by atoms with Gasteiger partial charge in [-0.3, -0.25) is 0 Å². The van der Waals surface area contributed by atoms with Crippen LogP contribution in [0.2, 0.25) is 0 Å². The average Bonchev–Trinajstić information content (AvgIpc) is 3.00. The van der Waals surface area contributed by atoms with Gasteiger partial charge in [-0.05, 0) is 31.6 Å². The minimum Gasteiger partial charge on any atom is -0.303 e. The lowest BCUT2D eigenvalue weighted by molar-refractivity contribution is 0.288. The molecule has 0 radical (unpaired) electrons. The summed E-state index contributed by atoms with van der Waals surface area (Å²) >= 11 is 1.85. The summed E-state index contributed by atoms with van der Waals surface area (Å²) in [6.45, 7) is 9.01. The second kappa shape index (κ2) is 5.70. The lowest BCUT2D eigenvalue weighted by Gasteiger charge is -2.32. The Morgan fingerprint density at radius 3 is 2.61 bits per heavy atom. The summed E-state index contributed by atoms with van der Waals surface area (Å²) in [5.41, 5.74) is 1.38. The smallest absolute Gasteiger partial charge is 0.113 e. The van der Waals surface area contributed by atoms with Crippen molar-refractivity contribution in [2.45, 2.75) is 77.3 Å². The maximum Gasteiger partial charge on any atom is 0.113 e. The SMILES string of the molecule is CCCC(CC)(NC1CC1)c1nc(C(C)C)cs1. The topological polar surface area (TPSA) is 24.9 Å². The normalized spacial score (nSPS) is 19.2. The molecule has 0 spiro atoms. The van der Waals surface area contributed by atoms with Gasteiger partial charge < -0.3 is 5.32 Å². The molecular weight excluding hydrogens is 240 g/mol. The van der Waals surface area contributed by atoms with Gasteiger partial charge in [0, 0.05) is 11.4 Å². The van der Waals surface area contributed by atoms with Crippen molar-refractivity contribution in [1.29, 1.82) is 0 Å². The second-order valence-electron chi connectivity index (χ2n) is 5.84. The van der Waals surface area contributed by atoms with Crippen LogP contribution in [0, 0.1) is 0 Å². The summed E-state index contributed by atoms with van der Waals surface area (Å²) in [5, 5.41) is 7.42. The largest absolute Gasteiger partial charge is 0.303 e. The van der Waals surface area contributed by atoms with E-state index in [0.717, 1.165) is 12.5 Å². The molecular formula is C15H26N2S. The van der Waals surface area contributed by atoms with Crippen molar-refractivity contribution in [3.63, 3.8) is 0 Å². The Bertz CT molecular complexity index is 382. The van der Waals surface area contributed by atoms with Crippen LogP contribution >= 0.6 is 11.3 Å². The van der Waals surface area contributed by atoms with Crippen LogP contribution in [-0.4, -0.2) is 11.0 Å². The Morgan fingerprint density at radius 1 is 1.44 bits per heavy atom. The zero-order valence-electron chi connectivity index (χ0n) is 12.1. The number of hydrogen-bond donors (Lipinski definition) is 1. The first kappa shape index (κ1) is 14.0. The summed E-state index contributed by atoms with van der Waals surface area (Å²) in [6, 6.07) is 0.739. The third-order valence-electron chi connectivity index (χ3n) is 3.86. The van der Waals surface area contributed by atoms with E-state index in [1.165, 1.54) is 36.4 Å². The molecule has 1 aromatic heterocycles. The second-order valence-corrected chi connectivity index (χ2v) is 6.69. The van der Waals surface area contributed by atoms with Crippen molar-refractivity contribution in [3.8, 4) is 0 Å². The third-order valence-corrected chi connectivity index (χ3v) is 4.93. The molecule has 1 aliphatic carbocycles. The molecule has 1 unspecified atom stereocenters. The molecule has 0 aromatic carbocycles. The fourth-order valence-electron chi connectivity index (χ4n) is 2.49. The van der Waals surface area contributed by atoms with E-state index in [1.54, 1.807) is 0 Å². The molecule has 102 valence electrons. The summed E-state index contributed by atoms with van der Waals surface area (Å²) in [6.07, 6.45) is 6.24. The zero-order chi connectivity index (χ0) is 13.2. The zero-order valence-corrected chi connectivity index (χ0v) is 12.9. The first-order valence-electron chi connectivity index (χ1n) is 7.35. The standard InChI is InChI=1S/C15H26N2S/c1-5-9-15(6-2,17-12-7-8-12)14-16-13(10-18-14)11(3)4/h10-12,17H,5-9H2,1-4H3. The monoisotopic (exact) mass is 266 g/mol. The molecule has 1 aliphatic rings. The van der Waals surface area contributed by atoms with Crippen molar-refractivity contribution in [3.05, 3.63) is 16.1 Å². The predicted octanol–water partition coefficient (Wildman–Crippen LogP) is 4.42. The van der Waals surface area contributed by atoms with Gasteiger partial charge in [0.25, 0.3) is 0 Å². The van der Waals surface area contributed by atoms with E-state index in [1.807, 2.05) is 11.3 Å². The number of nitrogens with zero attached hydrogens (tertiary/aromatic N) is 1. The van der Waals surface area contributed by atoms with Crippen LogP contribution in [0.1, 0.15) is 76.4 Å². The van der Waals surface area contributed by atoms with Gasteiger partial charge in [-0.2, -0.15) is 0 Å². The fourth-order valence-corrected chi connectivity index (χ4v) is 3.73. The molecule has 0 bridgehead atoms. The van der Waals surface area contributed by atoms with Gasteiger partial charge >= 0.3 is 0 Å². The van der Waals surface area contributed by atoms with Gasteiger partial charge in [0.2, 0.25) is 0 Å². The highest BCUT2D eigenvalue weighted by Crippen LogP contribution is 2.37. The number of thiazole rings is 1. The number of nitrogens with one attached hydrogen (secondary N) is 1. The Morgan fingerprint density at radius 2 is 2.17 bits per heavy atom. The van der Waals surface area contributed by atoms with Gasteiger partial charge in [0.1, 0.15) is 5.01 Å². The Kier molecular flexibility index (Phi) is 4.44. The van der Waals surface area contributed by atoms with Crippen molar-refractivity contribution < 1.29 is 0 Å². The maximum absolute atomic E-state index is 4.91. The van der Waals surface area contributed by atoms with E-state index in [2.05, 4.69) is 38.4 Å². The van der Waals surface area contributed by atoms with Crippen LogP contribution in [-0.2, 0) is 5.54 Å². The van der Waals surface area contributed by atoms with Gasteiger partial charge in [0.15, 0.2) is 0 Å². The summed E-state index contributed by atoms with van der Waals surface area (Å²) < 4.78 is 0. The number of hydrogen-bond acceptors (Lipinski definition) is 3. The molecule has 2 nitrogen and oxygen atoms in total. The summed E-state index contributed by atoms with van der Waals surface area (Å²) in [7, 11) is 0. The molecule has 1 aromatic rings. The van der Waals surface area contributed by atoms with Crippen LogP contribution in [0.5, 0.6) is 0 Å². The van der Waals surface area contributed by atoms with Gasteiger partial charge in [-0.25, -0.2) is 4.98 Å². The van der Waals surface area contributed by atoms with Crippen molar-refractivity contribution in [2.24, 2.45) is 0 Å². The first-order valence-corrected chi connectivity index (χ1v) is 8.23. The maximum atomic E-state index is 4.91. The predicted molar refractivity (Wildman–Crippen MR) is 79.2 cm³/mol. The highest BCUT2D eigenvalue weighted by Gasteiger charge is 2.37. The van der Waals surface area contributed by atoms with Crippen LogP contribution in [0.15, 0.2) is 5.38 Å². The fraction of sp³-hybridized carbons (Fsp3) is 0.800. The van der Waals surface area contributed by atoms with E-state index < -0.39 is 0 Å². The minimum absolute atomic E-state index is 0.133. The van der Waals surface area contributed by atoms with E-state index in [-0.39, 0.29) is 5.54 Å². The number of aromatic nitrogens is 1. The molecule has 1 saturated carbocycles. The molecule has 1 heterocycles. The molecule has 2 rings (SSSR count). The van der Waals surface area contributed by atoms with Crippen molar-refractivity contribution in [2.75, 3.05) is 0 Å². The Balaban J connectivity index is 2.24. The van der Waals surface area contributed by atoms with Crippen molar-refractivity contribution in [1.82, 2.24) is 10.3 Å². The minimum atomic E-state index is 0.133. The van der Waals surface area contributed by atoms with Gasteiger partial charge in [0.05, 0.1) is 11.2 Å². The van der Waals surface area contributed by atoms with Gasteiger partial charge in [-0.1, -0.05) is 34.1 Å². The molecule has 0 aliphatic heterocycles. The molecule has 0 saturated heterocycles. The third kappa shape index (κ3) is 2.94. The van der Waals surface area contributed by atoms with E-state index in [0.29, 0.717) is 5.92 Å². The van der Waals surface area contributed by atoms with E-state index in [9.17, 15) is 0 Å². The van der Waals surface area contributed by atoms with E-state index >= 15 is 0 Å². The first-order chi connectivity index (χ1) is 8.61. The summed E-state index contributed by atoms with van der Waals surface area (Å²) in [4.78, 5) is 4.91. The average molecular weight is 266 g/mol. The Hall–Kier alpha value is -0.410. The van der Waals surface area contributed by atoms with Crippen LogP contribution in [0.4, 0.5) is 0 Å². The lowest BCUT2D eigenvalue weighted by atomic mass is 9.91. The quantitative estimate of drug-likeness (QED) is 0.790. The molecule has 1 fully saturated rings. The number of rotatable bonds is 7. The van der Waals surface area contributed by atoms with E-state index in [4.69, 9.17) is 4.98 Å². The Labute approximate surface area is 115 Å².